The molecule has 7 heteroatoms. The van der Waals surface area contributed by atoms with Gasteiger partial charge in [0.05, 0.1) is 4.88 Å². The Labute approximate surface area is 252 Å². The first-order valence-corrected chi connectivity index (χ1v) is 17.7. The van der Waals surface area contributed by atoms with Gasteiger partial charge in [-0.2, -0.15) is 0 Å². The Balaban J connectivity index is 1.23. The van der Waals surface area contributed by atoms with E-state index in [4.69, 9.17) is 0 Å². The molecule has 4 aromatic heterocycles. The zero-order chi connectivity index (χ0) is 25.8. The summed E-state index contributed by atoms with van der Waals surface area (Å²) in [4.78, 5) is 5.90. The molecule has 0 aliphatic carbocycles. The molecule has 0 saturated heterocycles. The van der Waals surface area contributed by atoms with Gasteiger partial charge in [-0.05, 0) is 85.5 Å². The quantitative estimate of drug-likeness (QED) is 0.129. The van der Waals surface area contributed by atoms with Crippen molar-refractivity contribution in [3.05, 3.63) is 87.9 Å². The number of hydrogen-bond acceptors (Lipinski definition) is 5. The van der Waals surface area contributed by atoms with Gasteiger partial charge in [-0.3, -0.25) is 0 Å². The molecule has 5 aromatic rings. The zero-order valence-electron chi connectivity index (χ0n) is 20.8. The van der Waals surface area contributed by atoms with Gasteiger partial charge in [0.25, 0.3) is 0 Å². The number of aliphatic hydroxyl groups excluding tert-OH is 1. The predicted octanol–water partition coefficient (Wildman–Crippen LogP) is 11.9. The van der Waals surface area contributed by atoms with Crippen LogP contribution in [0.5, 0.6) is 0 Å². The highest BCUT2D eigenvalue weighted by atomic mass is 79.9. The lowest BCUT2D eigenvalue weighted by Crippen LogP contribution is -1.94. The van der Waals surface area contributed by atoms with Crippen molar-refractivity contribution in [3.8, 4) is 10.4 Å². The molecular weight excluding hydrogens is 664 g/mol. The van der Waals surface area contributed by atoms with Crippen LogP contribution in [0.25, 0.3) is 19.8 Å². The summed E-state index contributed by atoms with van der Waals surface area (Å²) in [5, 5.41) is 13.4. The highest BCUT2D eigenvalue weighted by Crippen LogP contribution is 2.44. The van der Waals surface area contributed by atoms with Crippen molar-refractivity contribution in [2.24, 2.45) is 0 Å². The molecule has 0 spiro atoms. The van der Waals surface area contributed by atoms with Crippen LogP contribution in [0.1, 0.15) is 76.6 Å². The fourth-order valence-electron chi connectivity index (χ4n) is 4.52. The summed E-state index contributed by atoms with van der Waals surface area (Å²) in [5.74, 6) is 0. The summed E-state index contributed by atoms with van der Waals surface area (Å²) in [6, 6.07) is 17.7. The van der Waals surface area contributed by atoms with Gasteiger partial charge in [0.15, 0.2) is 0 Å². The highest BCUT2D eigenvalue weighted by molar-refractivity contribution is 9.10. The predicted molar refractivity (Wildman–Crippen MR) is 173 cm³/mol. The van der Waals surface area contributed by atoms with E-state index in [-0.39, 0.29) is 0 Å². The molecule has 1 nitrogen and oxygen atoms in total. The smallest absolute Gasteiger partial charge is 0.124 e. The standard InChI is InChI=1S/C30H30Br2OS4/c1-2-3-4-5-6-7-8-19-9-11-20(12-10-19)24-17-23(32)30(37-24)29(33)28-18-27-26(36-28)16-21(35-27)15-25-22(31)13-14-34-25/h9-14,16-18,29,33H,2-8,15H2,1H3. The van der Waals surface area contributed by atoms with Crippen LogP contribution in [0.3, 0.4) is 0 Å². The topological polar surface area (TPSA) is 20.2 Å². The first kappa shape index (κ1) is 27.8. The monoisotopic (exact) mass is 692 g/mol. The molecule has 4 heterocycles. The SMILES string of the molecule is CCCCCCCCc1ccc(-c2cc(Br)c(C(O)c3cc4sc(Cc5sccc5Br)cc4s3)s2)cc1. The maximum Gasteiger partial charge on any atom is 0.124 e. The van der Waals surface area contributed by atoms with Gasteiger partial charge in [0, 0.05) is 44.3 Å². The van der Waals surface area contributed by atoms with Crippen LogP contribution in [-0.2, 0) is 12.8 Å². The molecule has 1 aromatic carbocycles. The Hall–Kier alpha value is -0.800. The largest absolute Gasteiger partial charge is 0.382 e. The summed E-state index contributed by atoms with van der Waals surface area (Å²) in [6.45, 7) is 2.27. The lowest BCUT2D eigenvalue weighted by atomic mass is 10.0. The van der Waals surface area contributed by atoms with E-state index in [1.807, 2.05) is 11.3 Å². The lowest BCUT2D eigenvalue weighted by molar-refractivity contribution is 0.227. The van der Waals surface area contributed by atoms with Gasteiger partial charge in [0.2, 0.25) is 0 Å². The van der Waals surface area contributed by atoms with Gasteiger partial charge in [-0.25, -0.2) is 0 Å². The molecule has 0 radical (unpaired) electrons. The third kappa shape index (κ3) is 6.86. The van der Waals surface area contributed by atoms with Crippen molar-refractivity contribution >= 4 is 86.6 Å². The molecule has 5 rings (SSSR count). The molecule has 194 valence electrons. The lowest BCUT2D eigenvalue weighted by Gasteiger charge is -2.06. The van der Waals surface area contributed by atoms with Crippen molar-refractivity contribution in [2.75, 3.05) is 0 Å². The third-order valence-electron chi connectivity index (χ3n) is 6.59. The van der Waals surface area contributed by atoms with E-state index in [1.165, 1.54) is 78.2 Å². The number of fused-ring (bicyclic) bond motifs is 1. The van der Waals surface area contributed by atoms with Crippen LogP contribution in [0.2, 0.25) is 0 Å². The van der Waals surface area contributed by atoms with Crippen LogP contribution < -0.4 is 0 Å². The van der Waals surface area contributed by atoms with Crippen LogP contribution >= 0.6 is 77.2 Å². The summed E-state index contributed by atoms with van der Waals surface area (Å²) < 4.78 is 4.69. The average molecular weight is 695 g/mol. The van der Waals surface area contributed by atoms with Crippen molar-refractivity contribution < 1.29 is 5.11 Å². The summed E-state index contributed by atoms with van der Waals surface area (Å²) in [6.07, 6.45) is 9.50. The summed E-state index contributed by atoms with van der Waals surface area (Å²) >= 11 is 14.4. The molecule has 0 aliphatic heterocycles. The van der Waals surface area contributed by atoms with E-state index >= 15 is 0 Å². The first-order valence-electron chi connectivity index (χ1n) is 12.8. The Kier molecular flexibility index (Phi) is 9.78. The Morgan fingerprint density at radius 1 is 0.811 bits per heavy atom. The van der Waals surface area contributed by atoms with Crippen molar-refractivity contribution in [3.63, 3.8) is 0 Å². The molecule has 1 unspecified atom stereocenters. The Morgan fingerprint density at radius 3 is 2.30 bits per heavy atom. The average Bonchev–Trinajstić information content (AvgIpc) is 3.66. The Morgan fingerprint density at radius 2 is 1.57 bits per heavy atom. The highest BCUT2D eigenvalue weighted by Gasteiger charge is 2.21. The molecule has 0 bridgehead atoms. The maximum atomic E-state index is 11.3. The molecule has 0 aliphatic rings. The van der Waals surface area contributed by atoms with Gasteiger partial charge in [-0.15, -0.1) is 45.3 Å². The van der Waals surface area contributed by atoms with Crippen molar-refractivity contribution in [1.82, 2.24) is 0 Å². The second-order valence-corrected chi connectivity index (χ2v) is 15.5. The molecule has 1 N–H and O–H groups in total. The Bertz CT molecular complexity index is 1410. The molecule has 37 heavy (non-hydrogen) atoms. The molecule has 0 amide bonds. The van der Waals surface area contributed by atoms with E-state index in [0.717, 1.165) is 27.1 Å². The van der Waals surface area contributed by atoms with E-state index in [9.17, 15) is 5.11 Å². The third-order valence-corrected chi connectivity index (χ3v) is 13.0. The number of unbranched alkanes of at least 4 members (excludes halogenated alkanes) is 5. The molecule has 1 atom stereocenters. The number of aryl methyl sites for hydroxylation is 1. The number of halogens is 2. The first-order chi connectivity index (χ1) is 18.0. The van der Waals surface area contributed by atoms with E-state index in [2.05, 4.69) is 92.7 Å². The minimum Gasteiger partial charge on any atom is -0.382 e. The minimum absolute atomic E-state index is 0.611. The van der Waals surface area contributed by atoms with Gasteiger partial charge in [-0.1, -0.05) is 63.3 Å². The molecular formula is C30H30Br2OS4. The van der Waals surface area contributed by atoms with Crippen molar-refractivity contribution in [2.45, 2.75) is 64.4 Å². The van der Waals surface area contributed by atoms with Gasteiger partial charge >= 0.3 is 0 Å². The van der Waals surface area contributed by atoms with Crippen LogP contribution in [0.15, 0.2) is 62.9 Å². The molecule has 0 fully saturated rings. The van der Waals surface area contributed by atoms with Crippen molar-refractivity contribution in [1.29, 1.82) is 0 Å². The normalized spacial score (nSPS) is 12.5. The van der Waals surface area contributed by atoms with E-state index < -0.39 is 6.10 Å². The second-order valence-electron chi connectivity index (χ2n) is 9.40. The van der Waals surface area contributed by atoms with Crippen LogP contribution in [-0.4, -0.2) is 5.11 Å². The van der Waals surface area contributed by atoms with Gasteiger partial charge < -0.3 is 5.11 Å². The number of benzene rings is 1. The number of hydrogen-bond donors (Lipinski definition) is 1. The second kappa shape index (κ2) is 13.0. The molecule has 0 saturated carbocycles. The van der Waals surface area contributed by atoms with Crippen LogP contribution in [0.4, 0.5) is 0 Å². The summed E-state index contributed by atoms with van der Waals surface area (Å²) in [5.41, 5.74) is 2.63. The van der Waals surface area contributed by atoms with E-state index in [1.54, 1.807) is 34.0 Å². The maximum absolute atomic E-state index is 11.3. The fraction of sp³-hybridized carbons (Fsp3) is 0.333. The van der Waals surface area contributed by atoms with Crippen LogP contribution in [0, 0.1) is 0 Å². The van der Waals surface area contributed by atoms with E-state index in [0.29, 0.717) is 0 Å². The number of thiophene rings is 4. The fourth-order valence-corrected chi connectivity index (χ4v) is 10.5. The number of rotatable bonds is 12. The summed E-state index contributed by atoms with van der Waals surface area (Å²) in [7, 11) is 0. The van der Waals surface area contributed by atoms with Gasteiger partial charge in [0.1, 0.15) is 6.10 Å². The minimum atomic E-state index is -0.611. The zero-order valence-corrected chi connectivity index (χ0v) is 27.2. The number of aliphatic hydroxyl groups is 1.